The van der Waals surface area contributed by atoms with E-state index < -0.39 is 34.6 Å². The van der Waals surface area contributed by atoms with Crippen LogP contribution in [0.4, 0.5) is 28.9 Å². The quantitative estimate of drug-likeness (QED) is 0.380. The van der Waals surface area contributed by atoms with Crippen LogP contribution in [0, 0.1) is 11.7 Å². The molecule has 3 aromatic rings. The lowest BCUT2D eigenvalue weighted by atomic mass is 10.0. The average Bonchev–Trinajstić information content (AvgIpc) is 3.75. The van der Waals surface area contributed by atoms with Crippen molar-refractivity contribution < 1.29 is 27.1 Å². The molecule has 0 spiro atoms. The van der Waals surface area contributed by atoms with Crippen LogP contribution in [-0.2, 0) is 6.18 Å². The maximum absolute atomic E-state index is 15.6. The predicted octanol–water partition coefficient (Wildman–Crippen LogP) is 5.16. The number of pyridine rings is 2. The van der Waals surface area contributed by atoms with E-state index in [1.54, 1.807) is 12.1 Å². The molecule has 8 nitrogen and oxygen atoms in total. The van der Waals surface area contributed by atoms with Gasteiger partial charge in [-0.05, 0) is 57.9 Å². The number of amides is 1. The molecule has 0 radical (unpaired) electrons. The first-order valence-corrected chi connectivity index (χ1v) is 13.4. The van der Waals surface area contributed by atoms with Crippen molar-refractivity contribution in [3.8, 4) is 17.0 Å². The van der Waals surface area contributed by atoms with Crippen LogP contribution in [-0.4, -0.2) is 59.6 Å². The van der Waals surface area contributed by atoms with E-state index in [1.807, 2.05) is 25.8 Å². The van der Waals surface area contributed by atoms with Crippen LogP contribution in [0.3, 0.4) is 0 Å². The molecule has 0 bridgehead atoms. The third-order valence-electron chi connectivity index (χ3n) is 7.72. The van der Waals surface area contributed by atoms with Crippen molar-refractivity contribution in [1.82, 2.24) is 14.9 Å². The fraction of sp³-hybridized carbons (Fsp3) is 0.414. The molecule has 1 saturated heterocycles. The van der Waals surface area contributed by atoms with E-state index in [9.17, 15) is 22.8 Å². The third-order valence-corrected chi connectivity index (χ3v) is 7.72. The number of carbonyl (C=O) groups is 1. The SMILES string of the molecule is C[C@H]1CN(c2cc(F)c(-c3ccc(OCC4CC4)nc3)cc2NC(=O)c2c[nH]c(=O)cc2C(F)(F)F)C[C@H](C)N1C. The molecular weight excluding hydrogens is 542 g/mol. The van der Waals surface area contributed by atoms with Crippen molar-refractivity contribution in [1.29, 1.82) is 0 Å². The van der Waals surface area contributed by atoms with Crippen LogP contribution in [0.25, 0.3) is 11.1 Å². The Morgan fingerprint density at radius 3 is 2.46 bits per heavy atom. The second-order valence-electron chi connectivity index (χ2n) is 10.8. The molecule has 2 N–H and O–H groups in total. The molecule has 218 valence electrons. The average molecular weight is 574 g/mol. The Morgan fingerprint density at radius 1 is 1.15 bits per heavy atom. The highest BCUT2D eigenvalue weighted by atomic mass is 19.4. The summed E-state index contributed by atoms with van der Waals surface area (Å²) in [5.74, 6) is -0.729. The van der Waals surface area contributed by atoms with Crippen molar-refractivity contribution in [2.75, 3.05) is 37.0 Å². The van der Waals surface area contributed by atoms with E-state index in [2.05, 4.69) is 20.2 Å². The number of hydrogen-bond acceptors (Lipinski definition) is 6. The van der Waals surface area contributed by atoms with Crippen LogP contribution in [0.1, 0.15) is 42.6 Å². The first-order valence-electron chi connectivity index (χ1n) is 13.4. The highest BCUT2D eigenvalue weighted by molar-refractivity contribution is 6.07. The summed E-state index contributed by atoms with van der Waals surface area (Å²) in [5.41, 5.74) is -2.13. The molecule has 12 heteroatoms. The monoisotopic (exact) mass is 573 g/mol. The van der Waals surface area contributed by atoms with Crippen molar-refractivity contribution >= 4 is 17.3 Å². The minimum absolute atomic E-state index is 0.0912. The highest BCUT2D eigenvalue weighted by Crippen LogP contribution is 2.37. The lowest BCUT2D eigenvalue weighted by Crippen LogP contribution is -2.55. The second-order valence-corrected chi connectivity index (χ2v) is 10.8. The van der Waals surface area contributed by atoms with E-state index in [-0.39, 0.29) is 23.3 Å². The Morgan fingerprint density at radius 2 is 1.85 bits per heavy atom. The second kappa shape index (κ2) is 11.2. The van der Waals surface area contributed by atoms with E-state index in [0.717, 1.165) is 19.0 Å². The highest BCUT2D eigenvalue weighted by Gasteiger charge is 2.36. The molecule has 41 heavy (non-hydrogen) atoms. The molecule has 5 rings (SSSR count). The minimum atomic E-state index is -4.94. The van der Waals surface area contributed by atoms with E-state index in [0.29, 0.717) is 48.8 Å². The minimum Gasteiger partial charge on any atom is -0.477 e. The molecule has 2 aromatic heterocycles. The largest absolute Gasteiger partial charge is 0.477 e. The Labute approximate surface area is 234 Å². The standard InChI is InChI=1S/C29H31F4N5O3/c1-16-13-38(14-17(2)37(16)3)25-10-23(30)20(19-6-7-27(35-11-19)41-15-18-4-5-18)8-24(25)36-28(40)21-12-34-26(39)9-22(21)29(31,32)33/h6-12,16-18H,4-5,13-15H2,1-3H3,(H,34,39)(H,36,40)/t16-,17-/m0/s1. The van der Waals surface area contributed by atoms with Gasteiger partial charge in [0.1, 0.15) is 5.82 Å². The number of aromatic amines is 1. The number of rotatable bonds is 7. The summed E-state index contributed by atoms with van der Waals surface area (Å²) in [7, 11) is 1.99. The number of ether oxygens (including phenoxy) is 1. The van der Waals surface area contributed by atoms with E-state index in [4.69, 9.17) is 4.74 Å². The molecule has 2 aliphatic rings. The number of anilines is 2. The van der Waals surface area contributed by atoms with Crippen molar-refractivity contribution in [3.05, 3.63) is 70.0 Å². The fourth-order valence-electron chi connectivity index (χ4n) is 4.94. The van der Waals surface area contributed by atoms with Gasteiger partial charge in [-0.25, -0.2) is 9.37 Å². The number of nitrogens with one attached hydrogen (secondary N) is 2. The lowest BCUT2D eigenvalue weighted by molar-refractivity contribution is -0.138. The molecule has 3 heterocycles. The zero-order valence-corrected chi connectivity index (χ0v) is 22.9. The van der Waals surface area contributed by atoms with E-state index >= 15 is 4.39 Å². The Bertz CT molecular complexity index is 1480. The molecular formula is C29H31F4N5O3. The summed E-state index contributed by atoms with van der Waals surface area (Å²) >= 11 is 0. The molecule has 1 aromatic carbocycles. The van der Waals surface area contributed by atoms with Gasteiger partial charge in [0.15, 0.2) is 0 Å². The Balaban J connectivity index is 1.52. The predicted molar refractivity (Wildman–Crippen MR) is 147 cm³/mol. The smallest absolute Gasteiger partial charge is 0.417 e. The number of halogens is 4. The maximum Gasteiger partial charge on any atom is 0.417 e. The number of H-pyrrole nitrogens is 1. The normalized spacial score (nSPS) is 19.7. The van der Waals surface area contributed by atoms with Gasteiger partial charge in [-0.3, -0.25) is 14.5 Å². The molecule has 1 aliphatic heterocycles. The van der Waals surface area contributed by atoms with Crippen molar-refractivity contribution in [2.24, 2.45) is 5.92 Å². The van der Waals surface area contributed by atoms with Gasteiger partial charge < -0.3 is 19.9 Å². The van der Waals surface area contributed by atoms with Crippen molar-refractivity contribution in [2.45, 2.75) is 44.9 Å². The van der Waals surface area contributed by atoms with Gasteiger partial charge >= 0.3 is 6.18 Å². The summed E-state index contributed by atoms with van der Waals surface area (Å²) in [4.78, 5) is 35.3. The lowest BCUT2D eigenvalue weighted by Gasteiger charge is -2.44. The Hall–Kier alpha value is -3.93. The summed E-state index contributed by atoms with van der Waals surface area (Å²) in [6.07, 6.45) is -0.503. The van der Waals surface area contributed by atoms with Crippen LogP contribution in [0.2, 0.25) is 0 Å². The van der Waals surface area contributed by atoms with Gasteiger partial charge in [0.05, 0.1) is 29.1 Å². The van der Waals surface area contributed by atoms with Crippen LogP contribution >= 0.6 is 0 Å². The third kappa shape index (κ3) is 6.37. The zero-order valence-electron chi connectivity index (χ0n) is 22.9. The number of alkyl halides is 3. The molecule has 0 unspecified atom stereocenters. The summed E-state index contributed by atoms with van der Waals surface area (Å²) in [5, 5.41) is 2.56. The van der Waals surface area contributed by atoms with Crippen molar-refractivity contribution in [3.63, 3.8) is 0 Å². The first kappa shape index (κ1) is 28.6. The topological polar surface area (TPSA) is 90.6 Å². The Kier molecular flexibility index (Phi) is 7.78. The molecule has 1 aliphatic carbocycles. The summed E-state index contributed by atoms with van der Waals surface area (Å²) in [6, 6.07) is 6.48. The number of carbonyl (C=O) groups excluding carboxylic acids is 1. The van der Waals surface area contributed by atoms with E-state index in [1.165, 1.54) is 18.3 Å². The number of nitrogens with zero attached hydrogens (tertiary/aromatic N) is 3. The van der Waals surface area contributed by atoms with Gasteiger partial charge in [-0.1, -0.05) is 0 Å². The number of benzene rings is 1. The molecule has 2 fully saturated rings. The fourth-order valence-corrected chi connectivity index (χ4v) is 4.94. The van der Waals surface area contributed by atoms with Gasteiger partial charge in [0.2, 0.25) is 11.4 Å². The molecule has 1 saturated carbocycles. The summed E-state index contributed by atoms with van der Waals surface area (Å²) in [6.45, 7) is 5.60. The van der Waals surface area contributed by atoms with Gasteiger partial charge in [-0.2, -0.15) is 13.2 Å². The molecule has 1 amide bonds. The number of aromatic nitrogens is 2. The first-order chi connectivity index (χ1) is 19.4. The van der Waals surface area contributed by atoms with Gasteiger partial charge in [-0.15, -0.1) is 0 Å². The molecule has 2 atom stereocenters. The van der Waals surface area contributed by atoms with Crippen LogP contribution in [0.5, 0.6) is 5.88 Å². The van der Waals surface area contributed by atoms with Gasteiger partial charge in [0, 0.05) is 60.8 Å². The van der Waals surface area contributed by atoms with Crippen LogP contribution < -0.4 is 20.5 Å². The maximum atomic E-state index is 15.6. The number of piperazine rings is 1. The number of likely N-dealkylation sites (N-methyl/N-ethyl adjacent to an activating group) is 1. The van der Waals surface area contributed by atoms with Crippen LogP contribution in [0.15, 0.2) is 47.5 Å². The summed E-state index contributed by atoms with van der Waals surface area (Å²) < 4.78 is 62.3. The zero-order chi connectivity index (χ0) is 29.5. The van der Waals surface area contributed by atoms with Gasteiger partial charge in [0.25, 0.3) is 5.91 Å². The number of hydrogen-bond donors (Lipinski definition) is 2.